The van der Waals surface area contributed by atoms with Crippen LogP contribution in [-0.4, -0.2) is 16.2 Å². The third-order valence-electron chi connectivity index (χ3n) is 3.07. The van der Waals surface area contributed by atoms with E-state index < -0.39 is 11.9 Å². The highest BCUT2D eigenvalue weighted by molar-refractivity contribution is 6.33. The van der Waals surface area contributed by atoms with Crippen LogP contribution in [0.3, 0.4) is 0 Å². The molecule has 1 unspecified atom stereocenters. The molecule has 0 amide bonds. The highest BCUT2D eigenvalue weighted by Crippen LogP contribution is 2.38. The summed E-state index contributed by atoms with van der Waals surface area (Å²) in [6.45, 7) is 6.87. The average molecular weight is 243 g/mol. The molecule has 2 N–H and O–H groups in total. The van der Waals surface area contributed by atoms with Crippen molar-refractivity contribution in [3.63, 3.8) is 0 Å². The van der Waals surface area contributed by atoms with Crippen molar-refractivity contribution in [3.8, 4) is 5.75 Å². The summed E-state index contributed by atoms with van der Waals surface area (Å²) in [6.07, 6.45) is 0. The predicted octanol–water partition coefficient (Wildman–Crippen LogP) is 3.16. The number of phenolic OH excluding ortho intramolecular Hbond substituents is 1. The molecule has 4 heteroatoms. The average Bonchev–Trinajstić information content (AvgIpc) is 2.23. The van der Waals surface area contributed by atoms with Gasteiger partial charge >= 0.3 is 5.97 Å². The van der Waals surface area contributed by atoms with Crippen molar-refractivity contribution in [1.29, 1.82) is 0 Å². The smallest absolute Gasteiger partial charge is 0.310 e. The Morgan fingerprint density at radius 2 is 1.69 bits per heavy atom. The molecule has 88 valence electrons. The normalized spacial score (nSPS) is 12.6. The standard InChI is InChI=1S/C12H15ClO3/c1-5-6(2)11(14)10(13)7(3)9(5)8(4)12(15)16/h8,14H,1-4H3,(H,15,16). The highest BCUT2D eigenvalue weighted by Gasteiger charge is 2.23. The van der Waals surface area contributed by atoms with Crippen LogP contribution >= 0.6 is 11.6 Å². The second-order valence-corrected chi connectivity index (χ2v) is 4.39. The molecule has 0 saturated heterocycles. The molecule has 0 aliphatic carbocycles. The van der Waals surface area contributed by atoms with Crippen molar-refractivity contribution in [3.05, 3.63) is 27.3 Å². The summed E-state index contributed by atoms with van der Waals surface area (Å²) in [5.74, 6) is -1.48. The summed E-state index contributed by atoms with van der Waals surface area (Å²) < 4.78 is 0. The number of phenols is 1. The van der Waals surface area contributed by atoms with Gasteiger partial charge in [0, 0.05) is 0 Å². The van der Waals surface area contributed by atoms with Crippen LogP contribution in [-0.2, 0) is 4.79 Å². The largest absolute Gasteiger partial charge is 0.506 e. The second-order valence-electron chi connectivity index (χ2n) is 4.01. The molecule has 0 bridgehead atoms. The second kappa shape index (κ2) is 4.34. The molecule has 1 aromatic rings. The zero-order valence-electron chi connectivity index (χ0n) is 9.76. The molecule has 1 rings (SSSR count). The molecule has 16 heavy (non-hydrogen) atoms. The molecule has 1 atom stereocenters. The van der Waals surface area contributed by atoms with Crippen LogP contribution in [0.2, 0.25) is 5.02 Å². The number of halogens is 1. The zero-order valence-corrected chi connectivity index (χ0v) is 10.5. The summed E-state index contributed by atoms with van der Waals surface area (Å²) in [4.78, 5) is 11.0. The zero-order chi connectivity index (χ0) is 12.6. The number of carboxylic acid groups (broad SMARTS) is 1. The molecule has 0 spiro atoms. The molecule has 0 saturated carbocycles. The minimum Gasteiger partial charge on any atom is -0.506 e. The SMILES string of the molecule is Cc1c(C)c(C(C)C(=O)O)c(C)c(Cl)c1O. The van der Waals surface area contributed by atoms with Gasteiger partial charge in [0.05, 0.1) is 10.9 Å². The fraction of sp³-hybridized carbons (Fsp3) is 0.417. The van der Waals surface area contributed by atoms with Crippen molar-refractivity contribution in [2.24, 2.45) is 0 Å². The maximum Gasteiger partial charge on any atom is 0.310 e. The lowest BCUT2D eigenvalue weighted by Gasteiger charge is -2.18. The lowest BCUT2D eigenvalue weighted by Crippen LogP contribution is -2.12. The van der Waals surface area contributed by atoms with Gasteiger partial charge in [0.15, 0.2) is 0 Å². The molecular weight excluding hydrogens is 228 g/mol. The number of rotatable bonds is 2. The Balaban J connectivity index is 3.57. The van der Waals surface area contributed by atoms with E-state index in [0.29, 0.717) is 16.7 Å². The lowest BCUT2D eigenvalue weighted by atomic mass is 9.89. The maximum atomic E-state index is 11.0. The Morgan fingerprint density at radius 1 is 1.19 bits per heavy atom. The number of carboxylic acids is 1. The number of aliphatic carboxylic acids is 1. The molecule has 3 nitrogen and oxygen atoms in total. The van der Waals surface area contributed by atoms with E-state index in [-0.39, 0.29) is 10.8 Å². The molecule has 0 aliphatic rings. The van der Waals surface area contributed by atoms with Gasteiger partial charge in [-0.05, 0) is 49.9 Å². The van der Waals surface area contributed by atoms with E-state index in [1.54, 1.807) is 27.7 Å². The van der Waals surface area contributed by atoms with Crippen LogP contribution in [0.5, 0.6) is 5.75 Å². The van der Waals surface area contributed by atoms with Gasteiger partial charge in [-0.15, -0.1) is 0 Å². The first kappa shape index (κ1) is 12.8. The van der Waals surface area contributed by atoms with Crippen LogP contribution in [0, 0.1) is 20.8 Å². The first-order valence-electron chi connectivity index (χ1n) is 5.00. The summed E-state index contributed by atoms with van der Waals surface area (Å²) in [5.41, 5.74) is 2.75. The van der Waals surface area contributed by atoms with E-state index in [1.165, 1.54) is 0 Å². The maximum absolute atomic E-state index is 11.0. The number of benzene rings is 1. The molecule has 0 radical (unpaired) electrons. The Labute approximate surface area is 99.7 Å². The lowest BCUT2D eigenvalue weighted by molar-refractivity contribution is -0.138. The topological polar surface area (TPSA) is 57.5 Å². The minimum atomic E-state index is -0.896. The molecule has 0 fully saturated rings. The van der Waals surface area contributed by atoms with E-state index in [1.807, 2.05) is 0 Å². The first-order valence-corrected chi connectivity index (χ1v) is 5.37. The van der Waals surface area contributed by atoms with Gasteiger partial charge in [-0.2, -0.15) is 0 Å². The van der Waals surface area contributed by atoms with Crippen molar-refractivity contribution >= 4 is 17.6 Å². The third kappa shape index (κ3) is 1.87. The third-order valence-corrected chi connectivity index (χ3v) is 3.53. The highest BCUT2D eigenvalue weighted by atomic mass is 35.5. The summed E-state index contributed by atoms with van der Waals surface area (Å²) >= 11 is 5.97. The number of hydrogen-bond acceptors (Lipinski definition) is 2. The van der Waals surface area contributed by atoms with E-state index in [4.69, 9.17) is 16.7 Å². The van der Waals surface area contributed by atoms with Gasteiger partial charge in [0.2, 0.25) is 0 Å². The van der Waals surface area contributed by atoms with Crippen LogP contribution in [0.15, 0.2) is 0 Å². The monoisotopic (exact) mass is 242 g/mol. The Hall–Kier alpha value is -1.22. The molecule has 0 heterocycles. The number of carbonyl (C=O) groups is 1. The van der Waals surface area contributed by atoms with E-state index >= 15 is 0 Å². The van der Waals surface area contributed by atoms with Crippen molar-refractivity contribution < 1.29 is 15.0 Å². The van der Waals surface area contributed by atoms with Gasteiger partial charge in [-0.25, -0.2) is 0 Å². The Morgan fingerprint density at radius 3 is 2.12 bits per heavy atom. The summed E-state index contributed by atoms with van der Waals surface area (Å²) in [6, 6.07) is 0. The van der Waals surface area contributed by atoms with Gasteiger partial charge in [-0.1, -0.05) is 11.6 Å². The fourth-order valence-electron chi connectivity index (χ4n) is 1.89. The predicted molar refractivity (Wildman–Crippen MR) is 63.4 cm³/mol. The fourth-order valence-corrected chi connectivity index (χ4v) is 2.14. The van der Waals surface area contributed by atoms with Gasteiger partial charge in [0.1, 0.15) is 5.75 Å². The Kier molecular flexibility index (Phi) is 3.48. The minimum absolute atomic E-state index is 0.0398. The van der Waals surface area contributed by atoms with E-state index in [9.17, 15) is 9.90 Å². The van der Waals surface area contributed by atoms with Crippen molar-refractivity contribution in [1.82, 2.24) is 0 Å². The van der Waals surface area contributed by atoms with E-state index in [2.05, 4.69) is 0 Å². The van der Waals surface area contributed by atoms with Crippen LogP contribution in [0.25, 0.3) is 0 Å². The molecular formula is C12H15ClO3. The molecule has 0 aromatic heterocycles. The van der Waals surface area contributed by atoms with Gasteiger partial charge < -0.3 is 10.2 Å². The summed E-state index contributed by atoms with van der Waals surface area (Å²) in [7, 11) is 0. The van der Waals surface area contributed by atoms with Gasteiger partial charge in [0.25, 0.3) is 0 Å². The van der Waals surface area contributed by atoms with Gasteiger partial charge in [-0.3, -0.25) is 4.79 Å². The molecule has 0 aliphatic heterocycles. The van der Waals surface area contributed by atoms with E-state index in [0.717, 1.165) is 5.56 Å². The van der Waals surface area contributed by atoms with Crippen LogP contribution < -0.4 is 0 Å². The quantitative estimate of drug-likeness (QED) is 0.838. The Bertz CT molecular complexity index is 423. The first-order chi connectivity index (χ1) is 7.29. The van der Waals surface area contributed by atoms with Crippen LogP contribution in [0.1, 0.15) is 35.1 Å². The van der Waals surface area contributed by atoms with Crippen molar-refractivity contribution in [2.75, 3.05) is 0 Å². The van der Waals surface area contributed by atoms with Crippen molar-refractivity contribution in [2.45, 2.75) is 33.6 Å². The summed E-state index contributed by atoms with van der Waals surface area (Å²) in [5, 5.41) is 19.0. The van der Waals surface area contributed by atoms with Crippen LogP contribution in [0.4, 0.5) is 0 Å². The number of aromatic hydroxyl groups is 1. The number of hydrogen-bond donors (Lipinski definition) is 2. The molecule has 1 aromatic carbocycles.